The third kappa shape index (κ3) is 3.33. The Bertz CT molecular complexity index is 255. The predicted molar refractivity (Wildman–Crippen MR) is 67.8 cm³/mol. The first-order chi connectivity index (χ1) is 7.24. The topological polar surface area (TPSA) is 38.7 Å². The number of ether oxygens (including phenoxy) is 1. The highest BCUT2D eigenvalue weighted by Crippen LogP contribution is 2.36. The lowest BCUT2D eigenvalue weighted by Gasteiger charge is -2.38. The van der Waals surface area contributed by atoms with Crippen molar-refractivity contribution in [1.29, 1.82) is 0 Å². The minimum Gasteiger partial charge on any atom is -0.493 e. The summed E-state index contributed by atoms with van der Waals surface area (Å²) in [4.78, 5) is 0. The van der Waals surface area contributed by atoms with Crippen LogP contribution in [0, 0.1) is 0 Å². The Morgan fingerprint density at radius 3 is 2.56 bits per heavy atom. The lowest BCUT2D eigenvalue weighted by molar-refractivity contribution is -0.0283. The maximum Gasteiger partial charge on any atom is 0.192 e. The summed E-state index contributed by atoms with van der Waals surface area (Å²) in [6.07, 6.45) is 3.51. The molecule has 0 aromatic carbocycles. The summed E-state index contributed by atoms with van der Waals surface area (Å²) < 4.78 is 11.4. The van der Waals surface area contributed by atoms with Crippen molar-refractivity contribution in [3.05, 3.63) is 12.3 Å². The molecule has 1 heterocycles. The molecular weight excluding hydrogens is 220 g/mol. The molecule has 0 aliphatic carbocycles. The van der Waals surface area contributed by atoms with Crippen molar-refractivity contribution in [2.75, 3.05) is 6.61 Å². The van der Waals surface area contributed by atoms with Crippen LogP contribution < -0.4 is 0 Å². The van der Waals surface area contributed by atoms with Gasteiger partial charge in [0.2, 0.25) is 0 Å². The Hall–Kier alpha value is -0.323. The minimum atomic E-state index is -1.73. The van der Waals surface area contributed by atoms with Gasteiger partial charge in [0.25, 0.3) is 0 Å². The van der Waals surface area contributed by atoms with Crippen molar-refractivity contribution in [3.63, 3.8) is 0 Å². The van der Waals surface area contributed by atoms with Crippen LogP contribution in [0.3, 0.4) is 0 Å². The van der Waals surface area contributed by atoms with Gasteiger partial charge >= 0.3 is 0 Å². The Morgan fingerprint density at radius 2 is 2.06 bits per heavy atom. The van der Waals surface area contributed by atoms with E-state index in [2.05, 4.69) is 33.9 Å². The van der Waals surface area contributed by atoms with Crippen LogP contribution in [-0.4, -0.2) is 32.2 Å². The van der Waals surface area contributed by atoms with E-state index in [0.717, 1.165) is 0 Å². The van der Waals surface area contributed by atoms with Crippen molar-refractivity contribution in [3.8, 4) is 0 Å². The first-order valence-corrected chi connectivity index (χ1v) is 8.77. The Labute approximate surface area is 99.6 Å². The summed E-state index contributed by atoms with van der Waals surface area (Å²) >= 11 is 0. The summed E-state index contributed by atoms with van der Waals surface area (Å²) in [5, 5.41) is 9.92. The summed E-state index contributed by atoms with van der Waals surface area (Å²) in [7, 11) is -1.73. The van der Waals surface area contributed by atoms with Crippen LogP contribution in [-0.2, 0) is 9.16 Å². The largest absolute Gasteiger partial charge is 0.493 e. The van der Waals surface area contributed by atoms with E-state index in [1.54, 1.807) is 6.26 Å². The third-order valence-electron chi connectivity index (χ3n) is 3.57. The van der Waals surface area contributed by atoms with Crippen molar-refractivity contribution >= 4 is 8.32 Å². The van der Waals surface area contributed by atoms with E-state index in [0.29, 0.717) is 13.0 Å². The lowest BCUT2D eigenvalue weighted by atomic mass is 10.1. The van der Waals surface area contributed by atoms with E-state index in [4.69, 9.17) is 9.16 Å². The van der Waals surface area contributed by atoms with E-state index < -0.39 is 14.4 Å². The standard InChI is InChI=1S/C12H24O3Si/c1-12(2,3)16(4,5)15-9-11-10(13)7-6-8-14-11/h6,8,10-11,13H,7,9H2,1-5H3/t10-,11+/m0/s1. The fraction of sp³-hybridized carbons (Fsp3) is 0.833. The molecule has 94 valence electrons. The molecule has 1 aliphatic heterocycles. The van der Waals surface area contributed by atoms with Crippen LogP contribution in [0.15, 0.2) is 12.3 Å². The monoisotopic (exact) mass is 244 g/mol. The van der Waals surface area contributed by atoms with Crippen molar-refractivity contribution in [2.45, 2.75) is 57.5 Å². The van der Waals surface area contributed by atoms with Crippen LogP contribution in [0.4, 0.5) is 0 Å². The minimum absolute atomic E-state index is 0.197. The van der Waals surface area contributed by atoms with Crippen molar-refractivity contribution in [1.82, 2.24) is 0 Å². The number of aliphatic hydroxyl groups is 1. The molecule has 0 bridgehead atoms. The van der Waals surface area contributed by atoms with Gasteiger partial charge in [-0.15, -0.1) is 0 Å². The molecule has 1 rings (SSSR count). The van der Waals surface area contributed by atoms with Crippen LogP contribution in [0.25, 0.3) is 0 Å². The molecule has 1 aliphatic rings. The van der Waals surface area contributed by atoms with Crippen LogP contribution >= 0.6 is 0 Å². The smallest absolute Gasteiger partial charge is 0.192 e. The molecule has 0 amide bonds. The summed E-state index contributed by atoms with van der Waals surface area (Å²) in [5.74, 6) is 0. The second kappa shape index (κ2) is 4.90. The maximum atomic E-state index is 9.73. The first-order valence-electron chi connectivity index (χ1n) is 5.86. The molecule has 0 aromatic rings. The molecule has 2 atom stereocenters. The average Bonchev–Trinajstić information content (AvgIpc) is 2.15. The van der Waals surface area contributed by atoms with Crippen LogP contribution in [0.5, 0.6) is 0 Å². The number of rotatable bonds is 3. The number of aliphatic hydroxyl groups excluding tert-OH is 1. The van der Waals surface area contributed by atoms with Gasteiger partial charge in [-0.05, 0) is 30.6 Å². The van der Waals surface area contributed by atoms with Gasteiger partial charge in [-0.25, -0.2) is 0 Å². The van der Waals surface area contributed by atoms with Gasteiger partial charge in [0.1, 0.15) is 6.10 Å². The Kier molecular flexibility index (Phi) is 4.21. The van der Waals surface area contributed by atoms with Gasteiger partial charge in [-0.2, -0.15) is 0 Å². The third-order valence-corrected chi connectivity index (χ3v) is 8.07. The fourth-order valence-electron chi connectivity index (χ4n) is 1.25. The number of hydrogen-bond acceptors (Lipinski definition) is 3. The molecule has 4 heteroatoms. The van der Waals surface area contributed by atoms with E-state index >= 15 is 0 Å². The van der Waals surface area contributed by atoms with Gasteiger partial charge in [-0.1, -0.05) is 20.8 Å². The van der Waals surface area contributed by atoms with Crippen molar-refractivity contribution in [2.24, 2.45) is 0 Å². The molecule has 0 saturated carbocycles. The molecule has 16 heavy (non-hydrogen) atoms. The van der Waals surface area contributed by atoms with Crippen LogP contribution in [0.1, 0.15) is 27.2 Å². The van der Waals surface area contributed by atoms with E-state index in [1.807, 2.05) is 6.08 Å². The molecule has 3 nitrogen and oxygen atoms in total. The van der Waals surface area contributed by atoms with E-state index in [9.17, 15) is 5.11 Å². The molecular formula is C12H24O3Si. The van der Waals surface area contributed by atoms with Gasteiger partial charge < -0.3 is 14.3 Å². The summed E-state index contributed by atoms with van der Waals surface area (Å²) in [6, 6.07) is 0. The first kappa shape index (κ1) is 13.7. The van der Waals surface area contributed by atoms with Gasteiger partial charge in [0.15, 0.2) is 8.32 Å². The zero-order valence-corrected chi connectivity index (χ0v) is 12.0. The summed E-state index contributed by atoms with van der Waals surface area (Å²) in [6.45, 7) is 11.5. The molecule has 0 spiro atoms. The average molecular weight is 244 g/mol. The fourth-order valence-corrected chi connectivity index (χ4v) is 2.27. The molecule has 1 N–H and O–H groups in total. The SMILES string of the molecule is CC(C)(C)[Si](C)(C)OC[C@H]1OC=CC[C@@H]1O. The predicted octanol–water partition coefficient (Wildman–Crippen LogP) is 2.67. The van der Waals surface area contributed by atoms with E-state index in [1.165, 1.54) is 0 Å². The van der Waals surface area contributed by atoms with Gasteiger partial charge in [0.05, 0.1) is 19.0 Å². The quantitative estimate of drug-likeness (QED) is 0.776. The number of hydrogen-bond donors (Lipinski definition) is 1. The summed E-state index contributed by atoms with van der Waals surface area (Å²) in [5.41, 5.74) is 0. The zero-order chi connectivity index (χ0) is 12.4. The van der Waals surface area contributed by atoms with Gasteiger partial charge in [0, 0.05) is 0 Å². The second-order valence-electron chi connectivity index (χ2n) is 5.92. The highest BCUT2D eigenvalue weighted by atomic mass is 28.4. The lowest BCUT2D eigenvalue weighted by Crippen LogP contribution is -2.45. The van der Waals surface area contributed by atoms with Gasteiger partial charge in [-0.3, -0.25) is 0 Å². The zero-order valence-electron chi connectivity index (χ0n) is 11.0. The normalized spacial score (nSPS) is 26.6. The highest BCUT2D eigenvalue weighted by molar-refractivity contribution is 6.74. The molecule has 0 radical (unpaired) electrons. The van der Waals surface area contributed by atoms with E-state index in [-0.39, 0.29) is 11.1 Å². The highest BCUT2D eigenvalue weighted by Gasteiger charge is 2.38. The Morgan fingerprint density at radius 1 is 1.44 bits per heavy atom. The maximum absolute atomic E-state index is 9.73. The molecule has 0 unspecified atom stereocenters. The molecule has 0 saturated heterocycles. The molecule has 0 aromatic heterocycles. The second-order valence-corrected chi connectivity index (χ2v) is 10.7. The Balaban J connectivity index is 2.48. The van der Waals surface area contributed by atoms with Crippen LogP contribution in [0.2, 0.25) is 18.1 Å². The molecule has 0 fully saturated rings. The van der Waals surface area contributed by atoms with Crippen molar-refractivity contribution < 1.29 is 14.3 Å².